The summed E-state index contributed by atoms with van der Waals surface area (Å²) in [6.07, 6.45) is 5.48. The average molecular weight is 288 g/mol. The third kappa shape index (κ3) is 5.58. The van der Waals surface area contributed by atoms with E-state index in [1.807, 2.05) is 6.07 Å². The van der Waals surface area contributed by atoms with E-state index in [2.05, 4.69) is 27.8 Å². The van der Waals surface area contributed by atoms with Gasteiger partial charge in [0.2, 0.25) is 0 Å². The molecule has 0 amide bonds. The molecule has 0 radical (unpaired) electrons. The summed E-state index contributed by atoms with van der Waals surface area (Å²) in [6, 6.07) is 1.98. The van der Waals surface area contributed by atoms with Crippen molar-refractivity contribution in [3.63, 3.8) is 0 Å². The second kappa shape index (κ2) is 7.76. The van der Waals surface area contributed by atoms with Crippen LogP contribution in [0.25, 0.3) is 0 Å². The van der Waals surface area contributed by atoms with Crippen molar-refractivity contribution in [3.8, 4) is 0 Å². The van der Waals surface area contributed by atoms with Crippen LogP contribution in [0.15, 0.2) is 22.9 Å². The lowest BCUT2D eigenvalue weighted by atomic mass is 10.1. The highest BCUT2D eigenvalue weighted by Gasteiger charge is 2.06. The van der Waals surface area contributed by atoms with Crippen LogP contribution in [0.4, 0.5) is 0 Å². The van der Waals surface area contributed by atoms with E-state index in [0.29, 0.717) is 19.4 Å². The summed E-state index contributed by atoms with van der Waals surface area (Å²) in [7, 11) is 0. The van der Waals surface area contributed by atoms with Gasteiger partial charge in [-0.3, -0.25) is 4.98 Å². The molecule has 1 N–H and O–H groups in total. The Kier molecular flexibility index (Phi) is 6.61. The predicted molar refractivity (Wildman–Crippen MR) is 67.4 cm³/mol. The van der Waals surface area contributed by atoms with Crippen molar-refractivity contribution < 1.29 is 9.84 Å². The molecule has 90 valence electrons. The highest BCUT2D eigenvalue weighted by Crippen LogP contribution is 2.12. The van der Waals surface area contributed by atoms with Crippen LogP contribution < -0.4 is 0 Å². The first-order valence-electron chi connectivity index (χ1n) is 5.57. The van der Waals surface area contributed by atoms with E-state index in [1.165, 1.54) is 0 Å². The van der Waals surface area contributed by atoms with Crippen molar-refractivity contribution in [1.29, 1.82) is 0 Å². The number of rotatable bonds is 7. The van der Waals surface area contributed by atoms with Gasteiger partial charge < -0.3 is 9.84 Å². The van der Waals surface area contributed by atoms with Crippen LogP contribution in [0.5, 0.6) is 0 Å². The first-order chi connectivity index (χ1) is 7.72. The monoisotopic (exact) mass is 287 g/mol. The van der Waals surface area contributed by atoms with Crippen molar-refractivity contribution >= 4 is 15.9 Å². The molecule has 0 bridgehead atoms. The minimum absolute atomic E-state index is 0.354. The number of ether oxygens (including phenoxy) is 1. The zero-order valence-electron chi connectivity index (χ0n) is 9.53. The number of hydrogen-bond donors (Lipinski definition) is 1. The van der Waals surface area contributed by atoms with E-state index in [1.54, 1.807) is 12.4 Å². The molecule has 1 aromatic heterocycles. The Morgan fingerprint density at radius 2 is 2.25 bits per heavy atom. The van der Waals surface area contributed by atoms with Crippen LogP contribution in [-0.4, -0.2) is 29.4 Å². The zero-order valence-corrected chi connectivity index (χ0v) is 11.1. The molecule has 0 saturated carbocycles. The first-order valence-corrected chi connectivity index (χ1v) is 6.37. The number of nitrogens with zero attached hydrogens (tertiary/aromatic N) is 1. The SMILES string of the molecule is CCCOCCC(O)Cc1cncc(Br)c1. The molecular formula is C12H18BrNO2. The van der Waals surface area contributed by atoms with Gasteiger partial charge in [0.1, 0.15) is 0 Å². The van der Waals surface area contributed by atoms with Crippen molar-refractivity contribution in [2.45, 2.75) is 32.3 Å². The molecule has 0 aliphatic rings. The smallest absolute Gasteiger partial charge is 0.0603 e. The number of aromatic nitrogens is 1. The van der Waals surface area contributed by atoms with E-state index in [4.69, 9.17) is 4.74 Å². The lowest BCUT2D eigenvalue weighted by Gasteiger charge is -2.10. The lowest BCUT2D eigenvalue weighted by Crippen LogP contribution is -2.14. The van der Waals surface area contributed by atoms with E-state index >= 15 is 0 Å². The Morgan fingerprint density at radius 1 is 1.44 bits per heavy atom. The number of aliphatic hydroxyl groups is 1. The molecule has 0 aliphatic carbocycles. The summed E-state index contributed by atoms with van der Waals surface area (Å²) >= 11 is 3.36. The maximum atomic E-state index is 9.77. The molecule has 1 aromatic rings. The van der Waals surface area contributed by atoms with Gasteiger partial charge in [-0.2, -0.15) is 0 Å². The topological polar surface area (TPSA) is 42.4 Å². The minimum atomic E-state index is -0.354. The van der Waals surface area contributed by atoms with Gasteiger partial charge in [0.25, 0.3) is 0 Å². The first kappa shape index (κ1) is 13.6. The Balaban J connectivity index is 2.25. The molecule has 0 aromatic carbocycles. The number of aliphatic hydroxyl groups excluding tert-OH is 1. The summed E-state index contributed by atoms with van der Waals surface area (Å²) in [4.78, 5) is 4.06. The summed E-state index contributed by atoms with van der Waals surface area (Å²) in [5, 5.41) is 9.77. The van der Waals surface area contributed by atoms with Crippen molar-refractivity contribution in [2.24, 2.45) is 0 Å². The van der Waals surface area contributed by atoms with Gasteiger partial charge in [-0.1, -0.05) is 6.92 Å². The van der Waals surface area contributed by atoms with Crippen LogP contribution in [0.2, 0.25) is 0 Å². The highest BCUT2D eigenvalue weighted by molar-refractivity contribution is 9.10. The molecule has 0 aliphatic heterocycles. The van der Waals surface area contributed by atoms with Gasteiger partial charge in [-0.05, 0) is 46.8 Å². The second-order valence-corrected chi connectivity index (χ2v) is 4.69. The quantitative estimate of drug-likeness (QED) is 0.784. The fraction of sp³-hybridized carbons (Fsp3) is 0.583. The normalized spacial score (nSPS) is 12.7. The Bertz CT molecular complexity index is 307. The molecular weight excluding hydrogens is 270 g/mol. The van der Waals surface area contributed by atoms with Crippen LogP contribution in [-0.2, 0) is 11.2 Å². The molecule has 4 heteroatoms. The Labute approximate surface area is 105 Å². The largest absolute Gasteiger partial charge is 0.393 e. The van der Waals surface area contributed by atoms with E-state index in [9.17, 15) is 5.11 Å². The van der Waals surface area contributed by atoms with Gasteiger partial charge >= 0.3 is 0 Å². The molecule has 1 heterocycles. The second-order valence-electron chi connectivity index (χ2n) is 3.77. The zero-order chi connectivity index (χ0) is 11.8. The Hall–Kier alpha value is -0.450. The van der Waals surface area contributed by atoms with E-state index in [0.717, 1.165) is 23.1 Å². The van der Waals surface area contributed by atoms with Crippen molar-refractivity contribution in [2.75, 3.05) is 13.2 Å². The third-order valence-electron chi connectivity index (χ3n) is 2.18. The summed E-state index contributed by atoms with van der Waals surface area (Å²) in [5.74, 6) is 0. The summed E-state index contributed by atoms with van der Waals surface area (Å²) < 4.78 is 6.27. The average Bonchev–Trinajstić information content (AvgIpc) is 2.24. The summed E-state index contributed by atoms with van der Waals surface area (Å²) in [5.41, 5.74) is 1.04. The number of halogens is 1. The minimum Gasteiger partial charge on any atom is -0.393 e. The number of hydrogen-bond acceptors (Lipinski definition) is 3. The molecule has 3 nitrogen and oxygen atoms in total. The highest BCUT2D eigenvalue weighted by atomic mass is 79.9. The fourth-order valence-corrected chi connectivity index (χ4v) is 1.82. The molecule has 0 spiro atoms. The van der Waals surface area contributed by atoms with Gasteiger partial charge in [0.05, 0.1) is 6.10 Å². The lowest BCUT2D eigenvalue weighted by molar-refractivity contribution is 0.0824. The van der Waals surface area contributed by atoms with E-state index in [-0.39, 0.29) is 6.10 Å². The Morgan fingerprint density at radius 3 is 2.94 bits per heavy atom. The predicted octanol–water partition coefficient (Wildman–Crippen LogP) is 2.56. The van der Waals surface area contributed by atoms with Gasteiger partial charge in [0.15, 0.2) is 0 Å². The van der Waals surface area contributed by atoms with Crippen LogP contribution in [0.3, 0.4) is 0 Å². The van der Waals surface area contributed by atoms with Crippen LogP contribution in [0.1, 0.15) is 25.3 Å². The van der Waals surface area contributed by atoms with Gasteiger partial charge in [-0.15, -0.1) is 0 Å². The van der Waals surface area contributed by atoms with Crippen molar-refractivity contribution in [1.82, 2.24) is 4.98 Å². The maximum absolute atomic E-state index is 9.77. The van der Waals surface area contributed by atoms with Crippen molar-refractivity contribution in [3.05, 3.63) is 28.5 Å². The molecule has 16 heavy (non-hydrogen) atoms. The van der Waals surface area contributed by atoms with Crippen LogP contribution >= 0.6 is 15.9 Å². The summed E-state index contributed by atoms with van der Waals surface area (Å²) in [6.45, 7) is 3.46. The third-order valence-corrected chi connectivity index (χ3v) is 2.61. The van der Waals surface area contributed by atoms with E-state index < -0.39 is 0 Å². The molecule has 1 rings (SSSR count). The molecule has 0 saturated heterocycles. The molecule has 0 fully saturated rings. The maximum Gasteiger partial charge on any atom is 0.0603 e. The fourth-order valence-electron chi connectivity index (χ4n) is 1.41. The van der Waals surface area contributed by atoms with Crippen LogP contribution in [0, 0.1) is 0 Å². The molecule has 1 unspecified atom stereocenters. The number of pyridine rings is 1. The van der Waals surface area contributed by atoms with Gasteiger partial charge in [-0.25, -0.2) is 0 Å². The standard InChI is InChI=1S/C12H18BrNO2/c1-2-4-16-5-3-12(15)7-10-6-11(13)9-14-8-10/h6,8-9,12,15H,2-5,7H2,1H3. The molecule has 1 atom stereocenters. The van der Waals surface area contributed by atoms with Gasteiger partial charge in [0, 0.05) is 30.1 Å².